The Balaban J connectivity index is 3.47. The lowest BCUT2D eigenvalue weighted by molar-refractivity contribution is 0.0949. The van der Waals surface area contributed by atoms with Crippen LogP contribution in [0.5, 0.6) is 0 Å². The Morgan fingerprint density at radius 2 is 1.80 bits per heavy atom. The van der Waals surface area contributed by atoms with E-state index in [1.165, 1.54) is 0 Å². The molecule has 0 aromatic rings. The molecule has 0 saturated carbocycles. The van der Waals surface area contributed by atoms with Crippen LogP contribution in [0.25, 0.3) is 0 Å². The molecule has 0 heterocycles. The van der Waals surface area contributed by atoms with Crippen LogP contribution in [0.4, 0.5) is 0 Å². The number of hydrogen-bond acceptors (Lipinski definition) is 2. The summed E-state index contributed by atoms with van der Waals surface area (Å²) in [5.41, 5.74) is 0. The lowest BCUT2D eigenvalue weighted by atomic mass is 10.9. The van der Waals surface area contributed by atoms with Gasteiger partial charge in [0.25, 0.3) is 0 Å². The third-order valence-corrected chi connectivity index (χ3v) is 2.17. The first kappa shape index (κ1) is 10.3. The first-order valence-corrected chi connectivity index (χ1v) is 6.32. The summed E-state index contributed by atoms with van der Waals surface area (Å²) in [5, 5.41) is 0. The monoisotopic (exact) mass is 165 g/mol. The molecule has 0 aliphatic heterocycles. The zero-order valence-electron chi connectivity index (χ0n) is 7.68. The van der Waals surface area contributed by atoms with Gasteiger partial charge in [-0.2, -0.15) is 0 Å². The van der Waals surface area contributed by atoms with Gasteiger partial charge in [-0.3, -0.25) is 4.90 Å². The Hall–Kier alpha value is 0.270. The Morgan fingerprint density at radius 3 is 2.10 bits per heavy atom. The van der Waals surface area contributed by atoms with Gasteiger partial charge in [-0.05, 0) is 25.8 Å². The normalized spacial score (nSPS) is 14.2. The van der Waals surface area contributed by atoms with Crippen LogP contribution in [-0.4, -0.2) is 50.4 Å². The van der Waals surface area contributed by atoms with Crippen molar-refractivity contribution < 1.29 is 4.74 Å². The number of rotatable bonds is 4. The van der Waals surface area contributed by atoms with Gasteiger partial charge in [0.05, 0.1) is 6.73 Å². The van der Waals surface area contributed by atoms with Gasteiger partial charge in [-0.25, -0.2) is 10.0 Å². The summed E-state index contributed by atoms with van der Waals surface area (Å²) in [6.07, 6.45) is 6.91. The van der Waals surface area contributed by atoms with Gasteiger partial charge in [0.15, 0.2) is 0 Å². The lowest BCUT2D eigenvalue weighted by Crippen LogP contribution is -2.24. The first-order chi connectivity index (χ1) is 4.45. The van der Waals surface area contributed by atoms with Crippen molar-refractivity contribution in [1.82, 2.24) is 4.90 Å². The maximum Gasteiger partial charge on any atom is 0.0990 e. The van der Waals surface area contributed by atoms with Crippen molar-refractivity contribution in [1.29, 1.82) is 0 Å². The average Bonchev–Trinajstić information content (AvgIpc) is 1.59. The van der Waals surface area contributed by atoms with Crippen LogP contribution in [0.3, 0.4) is 0 Å². The molecule has 0 bridgehead atoms. The molecule has 0 amide bonds. The van der Waals surface area contributed by atoms with Crippen LogP contribution in [0.2, 0.25) is 0 Å². The molecule has 0 radical (unpaired) electrons. The fourth-order valence-corrected chi connectivity index (χ4v) is 2.32. The molecule has 0 unspecified atom stereocenters. The Kier molecular flexibility index (Phi) is 4.32. The molecule has 64 valence electrons. The van der Waals surface area contributed by atoms with Crippen molar-refractivity contribution in [2.45, 2.75) is 0 Å². The molecule has 10 heavy (non-hydrogen) atoms. The van der Waals surface area contributed by atoms with E-state index in [9.17, 15) is 0 Å². The third-order valence-electron chi connectivity index (χ3n) is 0.957. The molecule has 0 spiro atoms. The van der Waals surface area contributed by atoms with Gasteiger partial charge in [0.2, 0.25) is 0 Å². The van der Waals surface area contributed by atoms with E-state index in [1.807, 2.05) is 0 Å². The molecular formula is C7H19NOS. The quantitative estimate of drug-likeness (QED) is 0.580. The van der Waals surface area contributed by atoms with Crippen molar-refractivity contribution in [3.05, 3.63) is 0 Å². The zero-order valence-corrected chi connectivity index (χ0v) is 8.49. The Bertz CT molecular complexity index is 90.1. The molecular weight excluding hydrogens is 146 g/mol. The van der Waals surface area contributed by atoms with Crippen molar-refractivity contribution in [3.8, 4) is 0 Å². The average molecular weight is 165 g/mol. The summed E-state index contributed by atoms with van der Waals surface area (Å²) < 4.78 is 4.99. The fraction of sp³-hybridized carbons (Fsp3) is 1.00. The molecule has 0 fully saturated rings. The summed E-state index contributed by atoms with van der Waals surface area (Å²) in [6.45, 7) is 0.740. The number of methoxy groups -OCH3 is 1. The highest BCUT2D eigenvalue weighted by molar-refractivity contribution is 8.32. The minimum Gasteiger partial charge on any atom is -0.369 e. The second-order valence-corrected chi connectivity index (χ2v) is 7.93. The smallest absolute Gasteiger partial charge is 0.0990 e. The Morgan fingerprint density at radius 1 is 1.30 bits per heavy atom. The van der Waals surface area contributed by atoms with E-state index in [4.69, 9.17) is 4.74 Å². The predicted molar refractivity (Wildman–Crippen MR) is 49.9 cm³/mol. The first-order valence-electron chi connectivity index (χ1n) is 3.29. The van der Waals surface area contributed by atoms with Gasteiger partial charge in [0, 0.05) is 13.0 Å². The summed E-state index contributed by atoms with van der Waals surface area (Å²) in [7, 11) is 3.42. The van der Waals surface area contributed by atoms with Crippen molar-refractivity contribution in [3.63, 3.8) is 0 Å². The van der Waals surface area contributed by atoms with Crippen LogP contribution in [0.15, 0.2) is 0 Å². The van der Waals surface area contributed by atoms with Gasteiger partial charge in [0.1, 0.15) is 0 Å². The van der Waals surface area contributed by atoms with Crippen molar-refractivity contribution in [2.24, 2.45) is 0 Å². The number of hydrogen-bond donors (Lipinski definition) is 0. The minimum atomic E-state index is -0.400. The third kappa shape index (κ3) is 6.39. The van der Waals surface area contributed by atoms with E-state index in [0.29, 0.717) is 0 Å². The maximum absolute atomic E-state index is 4.99. The fourth-order valence-electron chi connectivity index (χ4n) is 0.919. The van der Waals surface area contributed by atoms with Crippen LogP contribution >= 0.6 is 10.0 Å². The Labute approximate surface area is 65.9 Å². The van der Waals surface area contributed by atoms with Gasteiger partial charge < -0.3 is 4.74 Å². The molecule has 0 atom stereocenters. The van der Waals surface area contributed by atoms with Gasteiger partial charge in [-0.1, -0.05) is 0 Å². The second kappa shape index (κ2) is 4.21. The molecule has 3 heteroatoms. The van der Waals surface area contributed by atoms with E-state index in [-0.39, 0.29) is 0 Å². The standard InChI is InChI=1S/C7H19NOS/c1-8(6-9-2)7-10(3,4)5/h6-7H2,1-5H3. The number of nitrogens with zero attached hydrogens (tertiary/aromatic N) is 1. The highest BCUT2D eigenvalue weighted by Crippen LogP contribution is 2.34. The molecule has 0 rings (SSSR count). The maximum atomic E-state index is 4.99. The molecule has 0 aliphatic rings. The van der Waals surface area contributed by atoms with Gasteiger partial charge >= 0.3 is 0 Å². The van der Waals surface area contributed by atoms with E-state index in [0.717, 1.165) is 12.6 Å². The SMILES string of the molecule is COCN(C)CS(C)(C)C. The van der Waals surface area contributed by atoms with Crippen LogP contribution in [0, 0.1) is 0 Å². The molecule has 0 N–H and O–H groups in total. The van der Waals surface area contributed by atoms with Crippen LogP contribution < -0.4 is 0 Å². The highest BCUT2D eigenvalue weighted by Gasteiger charge is 2.06. The molecule has 2 nitrogen and oxygen atoms in total. The summed E-state index contributed by atoms with van der Waals surface area (Å²) in [5.74, 6) is 1.15. The van der Waals surface area contributed by atoms with Crippen molar-refractivity contribution in [2.75, 3.05) is 45.5 Å². The minimum absolute atomic E-state index is 0.400. The highest BCUT2D eigenvalue weighted by atomic mass is 32.3. The lowest BCUT2D eigenvalue weighted by Gasteiger charge is -2.30. The second-order valence-electron chi connectivity index (χ2n) is 3.49. The molecule has 0 saturated heterocycles. The van der Waals surface area contributed by atoms with E-state index < -0.39 is 10.0 Å². The topological polar surface area (TPSA) is 12.5 Å². The zero-order chi connectivity index (χ0) is 8.20. The summed E-state index contributed by atoms with van der Waals surface area (Å²) in [6, 6.07) is 0. The van der Waals surface area contributed by atoms with Crippen LogP contribution in [0.1, 0.15) is 0 Å². The molecule has 0 aromatic heterocycles. The summed E-state index contributed by atoms with van der Waals surface area (Å²) in [4.78, 5) is 2.20. The van der Waals surface area contributed by atoms with Crippen LogP contribution in [-0.2, 0) is 4.74 Å². The van der Waals surface area contributed by atoms with E-state index in [2.05, 4.69) is 30.7 Å². The predicted octanol–water partition coefficient (Wildman–Crippen LogP) is 1.17. The van der Waals surface area contributed by atoms with Crippen molar-refractivity contribution >= 4 is 10.0 Å². The van der Waals surface area contributed by atoms with Gasteiger partial charge in [-0.15, -0.1) is 0 Å². The molecule has 0 aliphatic carbocycles. The molecule has 0 aromatic carbocycles. The largest absolute Gasteiger partial charge is 0.369 e. The van der Waals surface area contributed by atoms with E-state index >= 15 is 0 Å². The summed E-state index contributed by atoms with van der Waals surface area (Å²) >= 11 is 0. The van der Waals surface area contributed by atoms with E-state index in [1.54, 1.807) is 7.11 Å². The number of ether oxygens (including phenoxy) is 1.